The fraction of sp³-hybridized carbons (Fsp3) is 0.571. The van der Waals surface area contributed by atoms with Crippen LogP contribution in [-0.2, 0) is 13.3 Å². The third-order valence-corrected chi connectivity index (χ3v) is 4.92. The van der Waals surface area contributed by atoms with E-state index in [1.807, 2.05) is 30.3 Å². The molecule has 1 aliphatic carbocycles. The first kappa shape index (κ1) is 12.8. The van der Waals surface area contributed by atoms with Crippen molar-refractivity contribution in [1.29, 1.82) is 0 Å². The lowest BCUT2D eigenvalue weighted by Crippen LogP contribution is -2.40. The normalized spacial score (nSPS) is 40.2. The summed E-state index contributed by atoms with van der Waals surface area (Å²) in [5, 5.41) is 9.84. The number of ether oxygens (including phenoxy) is 2. The Morgan fingerprint density at radius 3 is 2.78 bits per heavy atom. The van der Waals surface area contributed by atoms with Crippen molar-refractivity contribution in [3.63, 3.8) is 0 Å². The molecule has 1 N–H and O–H groups in total. The van der Waals surface area contributed by atoms with Gasteiger partial charge in [-0.2, -0.15) is 0 Å². The number of benzene rings is 1. The van der Waals surface area contributed by atoms with Gasteiger partial charge in [-0.05, 0) is 41.9 Å². The van der Waals surface area contributed by atoms with E-state index in [1.54, 1.807) is 0 Å². The van der Waals surface area contributed by atoms with Crippen LogP contribution in [0.5, 0.6) is 0 Å². The second-order valence-electron chi connectivity index (χ2n) is 5.23. The molecule has 0 bridgehead atoms. The number of hydrogen-bond acceptors (Lipinski definition) is 3. The summed E-state index contributed by atoms with van der Waals surface area (Å²) in [5.41, 5.74) is 0.733. The van der Waals surface area contributed by atoms with Gasteiger partial charge in [0.15, 0.2) is 0 Å². The van der Waals surface area contributed by atoms with Crippen LogP contribution < -0.4 is 0 Å². The van der Waals surface area contributed by atoms with E-state index in [9.17, 15) is 5.11 Å². The van der Waals surface area contributed by atoms with Gasteiger partial charge >= 0.3 is 0 Å². The Kier molecular flexibility index (Phi) is 3.38. The van der Waals surface area contributed by atoms with Crippen LogP contribution in [0.4, 0.5) is 0 Å². The molecule has 3 atom stereocenters. The van der Waals surface area contributed by atoms with Crippen LogP contribution in [0.25, 0.3) is 0 Å². The largest absolute Gasteiger partial charge is 0.393 e. The monoisotopic (exact) mass is 360 g/mol. The van der Waals surface area contributed by atoms with Gasteiger partial charge in [-0.1, -0.05) is 30.3 Å². The molecule has 1 aliphatic heterocycles. The average molecular weight is 360 g/mol. The average Bonchev–Trinajstić information content (AvgIpc) is 2.69. The van der Waals surface area contributed by atoms with Gasteiger partial charge in [0.2, 0.25) is 3.79 Å². The van der Waals surface area contributed by atoms with Crippen LogP contribution in [-0.4, -0.2) is 23.4 Å². The van der Waals surface area contributed by atoms with E-state index in [1.165, 1.54) is 0 Å². The molecule has 1 unspecified atom stereocenters. The molecule has 1 aromatic rings. The van der Waals surface area contributed by atoms with Gasteiger partial charge < -0.3 is 14.6 Å². The Morgan fingerprint density at radius 2 is 2.06 bits per heavy atom. The minimum absolute atomic E-state index is 0.253. The lowest BCUT2D eigenvalue weighted by Gasteiger charge is -2.35. The van der Waals surface area contributed by atoms with Crippen LogP contribution in [0, 0.1) is 0 Å². The number of halogens is 1. The summed E-state index contributed by atoms with van der Waals surface area (Å²) < 4.78 is 11.5. The van der Waals surface area contributed by atoms with E-state index in [2.05, 4.69) is 22.6 Å². The third kappa shape index (κ3) is 2.31. The molecular formula is C14H17IO3. The highest BCUT2D eigenvalue weighted by Crippen LogP contribution is 2.49. The summed E-state index contributed by atoms with van der Waals surface area (Å²) in [7, 11) is 0. The highest BCUT2D eigenvalue weighted by molar-refractivity contribution is 14.1. The van der Waals surface area contributed by atoms with Gasteiger partial charge in [0.1, 0.15) is 0 Å². The zero-order valence-electron chi connectivity index (χ0n) is 10.1. The number of rotatable bonds is 1. The Hall–Kier alpha value is -0.170. The van der Waals surface area contributed by atoms with Crippen LogP contribution >= 0.6 is 22.6 Å². The second-order valence-corrected chi connectivity index (χ2v) is 6.65. The molecule has 3 rings (SSSR count). The fourth-order valence-electron chi connectivity index (χ4n) is 2.86. The molecule has 1 saturated heterocycles. The highest BCUT2D eigenvalue weighted by Gasteiger charge is 2.51. The maximum absolute atomic E-state index is 9.84. The predicted octanol–water partition coefficient (Wildman–Crippen LogP) is 2.95. The predicted molar refractivity (Wildman–Crippen MR) is 76.4 cm³/mol. The van der Waals surface area contributed by atoms with E-state index in [0.29, 0.717) is 13.0 Å². The van der Waals surface area contributed by atoms with Crippen molar-refractivity contribution >= 4 is 22.6 Å². The van der Waals surface area contributed by atoms with Gasteiger partial charge in [-0.25, -0.2) is 0 Å². The van der Waals surface area contributed by atoms with Crippen molar-refractivity contribution in [3.8, 4) is 0 Å². The maximum Gasteiger partial charge on any atom is 0.249 e. The molecule has 18 heavy (non-hydrogen) atoms. The zero-order valence-corrected chi connectivity index (χ0v) is 12.3. The SMILES string of the molecule is OC1CCC[C@]2(CO[C@@](I)(c3ccccc3)O2)C1. The Labute approximate surface area is 121 Å². The summed E-state index contributed by atoms with van der Waals surface area (Å²) in [5.74, 6) is 0. The number of alkyl halides is 1. The van der Waals surface area contributed by atoms with Crippen LogP contribution in [0.2, 0.25) is 0 Å². The lowest BCUT2D eigenvalue weighted by atomic mass is 9.84. The van der Waals surface area contributed by atoms with Crippen molar-refractivity contribution in [2.24, 2.45) is 0 Å². The van der Waals surface area contributed by atoms with E-state index in [-0.39, 0.29) is 11.7 Å². The zero-order chi connectivity index (χ0) is 12.6. The molecule has 1 heterocycles. The van der Waals surface area contributed by atoms with Gasteiger partial charge in [-0.15, -0.1) is 0 Å². The molecule has 2 aliphatic rings. The van der Waals surface area contributed by atoms with Gasteiger partial charge in [0.25, 0.3) is 0 Å². The lowest BCUT2D eigenvalue weighted by molar-refractivity contribution is -0.130. The fourth-order valence-corrected chi connectivity index (χ4v) is 3.84. The standard InChI is InChI=1S/C14H17IO3/c15-14(11-5-2-1-3-6-11)17-10-13(18-14)8-4-7-12(16)9-13/h1-3,5-6,12,16H,4,7-10H2/t12?,13-,14+/m1/s1. The van der Waals surface area contributed by atoms with E-state index in [4.69, 9.17) is 9.47 Å². The van der Waals surface area contributed by atoms with E-state index >= 15 is 0 Å². The van der Waals surface area contributed by atoms with E-state index < -0.39 is 3.79 Å². The van der Waals surface area contributed by atoms with Gasteiger partial charge in [0.05, 0.1) is 18.3 Å². The smallest absolute Gasteiger partial charge is 0.249 e. The van der Waals surface area contributed by atoms with Crippen LogP contribution in [0.1, 0.15) is 31.2 Å². The summed E-state index contributed by atoms with van der Waals surface area (Å²) in [6, 6.07) is 10.0. The van der Waals surface area contributed by atoms with E-state index in [0.717, 1.165) is 24.8 Å². The number of aliphatic hydroxyl groups excluding tert-OH is 1. The minimum Gasteiger partial charge on any atom is -0.393 e. The molecule has 0 amide bonds. The Bertz CT molecular complexity index is 424. The van der Waals surface area contributed by atoms with Gasteiger partial charge in [0, 0.05) is 12.0 Å². The molecule has 4 heteroatoms. The first-order chi connectivity index (χ1) is 8.62. The quantitative estimate of drug-likeness (QED) is 0.618. The van der Waals surface area contributed by atoms with Crippen molar-refractivity contribution < 1.29 is 14.6 Å². The molecule has 2 fully saturated rings. The topological polar surface area (TPSA) is 38.7 Å². The molecule has 1 saturated carbocycles. The van der Waals surface area contributed by atoms with Crippen LogP contribution in [0.15, 0.2) is 30.3 Å². The molecule has 3 nitrogen and oxygen atoms in total. The Morgan fingerprint density at radius 1 is 1.28 bits per heavy atom. The molecule has 1 aromatic carbocycles. The van der Waals surface area contributed by atoms with Crippen molar-refractivity contribution in [1.82, 2.24) is 0 Å². The summed E-state index contributed by atoms with van der Waals surface area (Å²) in [4.78, 5) is 0. The van der Waals surface area contributed by atoms with Crippen LogP contribution in [0.3, 0.4) is 0 Å². The molecule has 98 valence electrons. The van der Waals surface area contributed by atoms with Crippen molar-refractivity contribution in [2.45, 2.75) is 41.2 Å². The molecule has 0 radical (unpaired) electrons. The first-order valence-electron chi connectivity index (χ1n) is 6.39. The second kappa shape index (κ2) is 4.74. The molecule has 0 aromatic heterocycles. The summed E-state index contributed by atoms with van der Waals surface area (Å²) in [6.07, 6.45) is 3.29. The third-order valence-electron chi connectivity index (χ3n) is 3.76. The van der Waals surface area contributed by atoms with Gasteiger partial charge in [-0.3, -0.25) is 0 Å². The summed E-state index contributed by atoms with van der Waals surface area (Å²) in [6.45, 7) is 0.571. The first-order valence-corrected chi connectivity index (χ1v) is 7.46. The van der Waals surface area contributed by atoms with Crippen molar-refractivity contribution in [3.05, 3.63) is 35.9 Å². The Balaban J connectivity index is 1.82. The number of aliphatic hydroxyl groups is 1. The highest BCUT2D eigenvalue weighted by atomic mass is 127. The molecule has 1 spiro atoms. The van der Waals surface area contributed by atoms with Crippen molar-refractivity contribution in [2.75, 3.05) is 6.61 Å². The number of hydrogen-bond donors (Lipinski definition) is 1. The summed E-state index contributed by atoms with van der Waals surface area (Å²) >= 11 is 2.22. The minimum atomic E-state index is -0.698. The molecular weight excluding hydrogens is 343 g/mol. The maximum atomic E-state index is 9.84.